The summed E-state index contributed by atoms with van der Waals surface area (Å²) in [5.74, 6) is -0.0113. The first kappa shape index (κ1) is 18.8. The van der Waals surface area contributed by atoms with Crippen molar-refractivity contribution in [3.8, 4) is 0 Å². The van der Waals surface area contributed by atoms with E-state index in [9.17, 15) is 14.7 Å². The number of methoxy groups -OCH3 is 1. The summed E-state index contributed by atoms with van der Waals surface area (Å²) >= 11 is 0. The Morgan fingerprint density at radius 1 is 1.30 bits per heavy atom. The van der Waals surface area contributed by atoms with Crippen LogP contribution in [0.5, 0.6) is 0 Å². The maximum Gasteiger partial charge on any atom is 0.305 e. The van der Waals surface area contributed by atoms with Crippen LogP contribution in [-0.2, 0) is 14.3 Å². The topological polar surface area (TPSA) is 63.6 Å². The van der Waals surface area contributed by atoms with Gasteiger partial charge in [-0.3, -0.25) is 9.59 Å². The number of aliphatic hydroxyl groups is 1. The quantitative estimate of drug-likeness (QED) is 0.522. The third-order valence-electron chi connectivity index (χ3n) is 3.32. The van der Waals surface area contributed by atoms with Gasteiger partial charge in [0.15, 0.2) is 5.78 Å². The Morgan fingerprint density at radius 3 is 2.40 bits per heavy atom. The van der Waals surface area contributed by atoms with Gasteiger partial charge in [0.25, 0.3) is 0 Å². The van der Waals surface area contributed by atoms with Gasteiger partial charge in [0, 0.05) is 12.8 Å². The highest BCUT2D eigenvalue weighted by molar-refractivity contribution is 5.86. The zero-order chi connectivity index (χ0) is 15.8. The van der Waals surface area contributed by atoms with Crippen molar-refractivity contribution >= 4 is 11.8 Å². The fraction of sp³-hybridized carbons (Fsp3) is 0.750. The van der Waals surface area contributed by atoms with Crippen molar-refractivity contribution in [2.24, 2.45) is 5.92 Å². The molecule has 1 N–H and O–H groups in total. The maximum atomic E-state index is 11.6. The number of carbonyl (C=O) groups excluding carboxylic acids is 2. The molecule has 20 heavy (non-hydrogen) atoms. The van der Waals surface area contributed by atoms with Crippen LogP contribution < -0.4 is 0 Å². The Kier molecular flexibility index (Phi) is 8.39. The van der Waals surface area contributed by atoms with Gasteiger partial charge < -0.3 is 9.84 Å². The van der Waals surface area contributed by atoms with Crippen molar-refractivity contribution in [1.29, 1.82) is 0 Å². The molecule has 1 atom stereocenters. The SMILES string of the molecule is COC(=O)CC(C)CC/C=C(\C)CCC(=O)C(C)(C)O. The molecule has 0 aromatic heterocycles. The standard InChI is InChI=1S/C16H28O4/c1-12(9-10-14(17)16(3,4)19)7-6-8-13(2)11-15(18)20-5/h7,13,19H,6,8-11H2,1-5H3/b12-7+. The van der Waals surface area contributed by atoms with Crippen LogP contribution in [0.1, 0.15) is 59.8 Å². The minimum absolute atomic E-state index is 0.135. The van der Waals surface area contributed by atoms with E-state index in [0.29, 0.717) is 25.2 Å². The average molecular weight is 284 g/mol. The molecule has 0 fully saturated rings. The van der Waals surface area contributed by atoms with E-state index >= 15 is 0 Å². The maximum absolute atomic E-state index is 11.6. The molecule has 0 aliphatic rings. The lowest BCUT2D eigenvalue weighted by Gasteiger charge is -2.15. The van der Waals surface area contributed by atoms with Crippen LogP contribution in [0, 0.1) is 5.92 Å². The van der Waals surface area contributed by atoms with Crippen molar-refractivity contribution in [1.82, 2.24) is 0 Å². The van der Waals surface area contributed by atoms with Crippen LogP contribution in [0.3, 0.4) is 0 Å². The van der Waals surface area contributed by atoms with E-state index in [1.165, 1.54) is 21.0 Å². The Bertz CT molecular complexity index is 350. The summed E-state index contributed by atoms with van der Waals surface area (Å²) in [7, 11) is 1.40. The van der Waals surface area contributed by atoms with Gasteiger partial charge in [0.05, 0.1) is 7.11 Å². The molecule has 0 saturated carbocycles. The first-order valence-electron chi connectivity index (χ1n) is 7.15. The van der Waals surface area contributed by atoms with Crippen LogP contribution in [0.4, 0.5) is 0 Å². The van der Waals surface area contributed by atoms with Gasteiger partial charge >= 0.3 is 5.97 Å². The second kappa shape index (κ2) is 8.90. The molecule has 116 valence electrons. The lowest BCUT2D eigenvalue weighted by Crippen LogP contribution is -2.30. The van der Waals surface area contributed by atoms with Crippen molar-refractivity contribution in [3.05, 3.63) is 11.6 Å². The summed E-state index contributed by atoms with van der Waals surface area (Å²) in [6.45, 7) is 7.05. The monoisotopic (exact) mass is 284 g/mol. The lowest BCUT2D eigenvalue weighted by atomic mass is 9.96. The highest BCUT2D eigenvalue weighted by Crippen LogP contribution is 2.15. The largest absolute Gasteiger partial charge is 0.469 e. The number of Topliss-reactive ketones (excluding diaryl/α,β-unsaturated/α-hetero) is 1. The van der Waals surface area contributed by atoms with E-state index in [0.717, 1.165) is 18.4 Å². The molecular weight excluding hydrogens is 256 g/mol. The molecule has 0 spiro atoms. The Labute approximate surface area is 122 Å². The zero-order valence-electron chi connectivity index (χ0n) is 13.4. The Balaban J connectivity index is 3.97. The first-order valence-corrected chi connectivity index (χ1v) is 7.15. The van der Waals surface area contributed by atoms with Crippen LogP contribution in [-0.4, -0.2) is 29.6 Å². The molecule has 0 heterocycles. The number of hydrogen-bond donors (Lipinski definition) is 1. The van der Waals surface area contributed by atoms with Gasteiger partial charge in [0.2, 0.25) is 0 Å². The molecule has 1 unspecified atom stereocenters. The van der Waals surface area contributed by atoms with Crippen LogP contribution in [0.15, 0.2) is 11.6 Å². The minimum Gasteiger partial charge on any atom is -0.469 e. The molecule has 0 aliphatic carbocycles. The van der Waals surface area contributed by atoms with Crippen molar-refractivity contribution in [2.45, 2.75) is 65.4 Å². The number of carbonyl (C=O) groups is 2. The van der Waals surface area contributed by atoms with E-state index < -0.39 is 5.60 Å². The lowest BCUT2D eigenvalue weighted by molar-refractivity contribution is -0.141. The molecule has 0 rings (SSSR count). The van der Waals surface area contributed by atoms with Gasteiger partial charge in [-0.1, -0.05) is 18.6 Å². The third-order valence-corrected chi connectivity index (χ3v) is 3.32. The second-order valence-corrected chi connectivity index (χ2v) is 6.00. The fourth-order valence-electron chi connectivity index (χ4n) is 1.80. The summed E-state index contributed by atoms with van der Waals surface area (Å²) in [6, 6.07) is 0. The molecule has 0 bridgehead atoms. The van der Waals surface area contributed by atoms with Crippen molar-refractivity contribution in [3.63, 3.8) is 0 Å². The zero-order valence-corrected chi connectivity index (χ0v) is 13.4. The Morgan fingerprint density at radius 2 is 1.90 bits per heavy atom. The summed E-state index contributed by atoms with van der Waals surface area (Å²) < 4.78 is 4.63. The summed E-state index contributed by atoms with van der Waals surface area (Å²) in [4.78, 5) is 22.7. The molecule has 4 heteroatoms. The predicted octanol–water partition coefficient (Wildman–Crippen LogP) is 3.03. The van der Waals surface area contributed by atoms with E-state index in [4.69, 9.17) is 0 Å². The van der Waals surface area contributed by atoms with Gasteiger partial charge in [-0.05, 0) is 46.0 Å². The number of rotatable bonds is 9. The highest BCUT2D eigenvalue weighted by atomic mass is 16.5. The molecule has 0 saturated heterocycles. The minimum atomic E-state index is -1.24. The van der Waals surface area contributed by atoms with Crippen molar-refractivity contribution in [2.75, 3.05) is 7.11 Å². The highest BCUT2D eigenvalue weighted by Gasteiger charge is 2.22. The van der Waals surface area contributed by atoms with Crippen LogP contribution in [0.2, 0.25) is 0 Å². The molecule has 4 nitrogen and oxygen atoms in total. The normalized spacial score (nSPS) is 14.0. The van der Waals surface area contributed by atoms with Gasteiger partial charge in [0.1, 0.15) is 5.60 Å². The third kappa shape index (κ3) is 8.86. The molecule has 0 aromatic rings. The molecule has 0 aromatic carbocycles. The number of allylic oxidation sites excluding steroid dienone is 2. The summed E-state index contributed by atoms with van der Waals surface area (Å²) in [5.41, 5.74) is -0.0946. The molecule has 0 aliphatic heterocycles. The van der Waals surface area contributed by atoms with Gasteiger partial charge in [-0.2, -0.15) is 0 Å². The molecule has 0 radical (unpaired) electrons. The van der Waals surface area contributed by atoms with Crippen molar-refractivity contribution < 1.29 is 19.4 Å². The summed E-state index contributed by atoms with van der Waals surface area (Å²) in [5, 5.41) is 9.54. The number of esters is 1. The smallest absolute Gasteiger partial charge is 0.305 e. The average Bonchev–Trinajstić information content (AvgIpc) is 2.34. The van der Waals surface area contributed by atoms with E-state index in [-0.39, 0.29) is 11.8 Å². The number of ether oxygens (including phenoxy) is 1. The van der Waals surface area contributed by atoms with Gasteiger partial charge in [-0.15, -0.1) is 0 Å². The molecular formula is C16H28O4. The number of hydrogen-bond acceptors (Lipinski definition) is 4. The van der Waals surface area contributed by atoms with E-state index in [1.807, 2.05) is 13.8 Å². The first-order chi connectivity index (χ1) is 9.16. The predicted molar refractivity (Wildman–Crippen MR) is 79.3 cm³/mol. The summed E-state index contributed by atoms with van der Waals surface area (Å²) in [6.07, 6.45) is 5.40. The van der Waals surface area contributed by atoms with Gasteiger partial charge in [-0.25, -0.2) is 0 Å². The Hall–Kier alpha value is -1.16. The fourth-order valence-corrected chi connectivity index (χ4v) is 1.80. The van der Waals surface area contributed by atoms with Crippen LogP contribution >= 0.6 is 0 Å². The van der Waals surface area contributed by atoms with E-state index in [2.05, 4.69) is 10.8 Å². The number of ketones is 1. The molecule has 0 amide bonds. The van der Waals surface area contributed by atoms with E-state index in [1.54, 1.807) is 0 Å². The second-order valence-electron chi connectivity index (χ2n) is 6.00. The van der Waals surface area contributed by atoms with Crippen LogP contribution in [0.25, 0.3) is 0 Å².